The maximum Gasteiger partial charge on any atom is 0.266 e. The van der Waals surface area contributed by atoms with Gasteiger partial charge in [-0.15, -0.1) is 0 Å². The molecule has 0 N–H and O–H groups in total. The van der Waals surface area contributed by atoms with Crippen LogP contribution >= 0.6 is 11.6 Å². The lowest BCUT2D eigenvalue weighted by Crippen LogP contribution is -2.37. The molecule has 6 heteroatoms. The number of carbonyl (C=O) groups is 2. The first-order valence-electron chi connectivity index (χ1n) is 10.8. The van der Waals surface area contributed by atoms with Gasteiger partial charge >= 0.3 is 0 Å². The van der Waals surface area contributed by atoms with Gasteiger partial charge in [0.2, 0.25) is 5.91 Å². The van der Waals surface area contributed by atoms with Gasteiger partial charge in [0.15, 0.2) is 6.10 Å². The molecular weight excluding hydrogens is 436 g/mol. The minimum absolute atomic E-state index is 0.264. The van der Waals surface area contributed by atoms with Crippen molar-refractivity contribution in [1.82, 2.24) is 0 Å². The van der Waals surface area contributed by atoms with Gasteiger partial charge in [-0.3, -0.25) is 14.4 Å². The van der Waals surface area contributed by atoms with E-state index in [1.807, 2.05) is 84.9 Å². The standard InChI is InChI=1S/C27H19ClN2O3/c28-19-15-13-18(14-16-19)24-23-25(33-30(24)20-9-2-1-3-10-20)27(32)29(26(23)31)22-12-6-8-17-7-4-5-11-21(17)22/h1-16,23-25H/t23-,24-,25-/m1/s1. The monoisotopic (exact) mass is 454 g/mol. The van der Waals surface area contributed by atoms with E-state index in [0.717, 1.165) is 22.0 Å². The molecule has 0 unspecified atom stereocenters. The fraction of sp³-hybridized carbons (Fsp3) is 0.111. The highest BCUT2D eigenvalue weighted by Crippen LogP contribution is 2.48. The zero-order chi connectivity index (χ0) is 22.5. The van der Waals surface area contributed by atoms with E-state index in [9.17, 15) is 9.59 Å². The topological polar surface area (TPSA) is 49.9 Å². The summed E-state index contributed by atoms with van der Waals surface area (Å²) in [6.07, 6.45) is -0.905. The van der Waals surface area contributed by atoms with Crippen LogP contribution in [0.5, 0.6) is 0 Å². The molecule has 2 saturated heterocycles. The number of rotatable bonds is 3. The predicted molar refractivity (Wildman–Crippen MR) is 128 cm³/mol. The molecule has 0 spiro atoms. The van der Waals surface area contributed by atoms with Crippen LogP contribution in [0.1, 0.15) is 11.6 Å². The number of hydrogen-bond acceptors (Lipinski definition) is 4. The van der Waals surface area contributed by atoms with Crippen molar-refractivity contribution in [3.8, 4) is 0 Å². The fourth-order valence-corrected chi connectivity index (χ4v) is 4.98. The number of fused-ring (bicyclic) bond motifs is 2. The van der Waals surface area contributed by atoms with E-state index >= 15 is 0 Å². The maximum atomic E-state index is 13.8. The molecule has 0 aliphatic carbocycles. The Morgan fingerprint density at radius 3 is 2.21 bits per heavy atom. The molecule has 0 bridgehead atoms. The van der Waals surface area contributed by atoms with Crippen LogP contribution in [0.25, 0.3) is 10.8 Å². The van der Waals surface area contributed by atoms with Crippen LogP contribution in [0.3, 0.4) is 0 Å². The molecule has 2 aliphatic heterocycles. The number of para-hydroxylation sites is 1. The third-order valence-electron chi connectivity index (χ3n) is 6.35. The zero-order valence-electron chi connectivity index (χ0n) is 17.5. The van der Waals surface area contributed by atoms with Gasteiger partial charge < -0.3 is 0 Å². The molecule has 0 radical (unpaired) electrons. The Labute approximate surface area is 195 Å². The van der Waals surface area contributed by atoms with E-state index in [1.165, 1.54) is 4.90 Å². The van der Waals surface area contributed by atoms with Crippen molar-refractivity contribution in [2.45, 2.75) is 12.1 Å². The van der Waals surface area contributed by atoms with Crippen LogP contribution in [-0.4, -0.2) is 17.9 Å². The minimum Gasteiger partial charge on any atom is -0.273 e. The molecule has 162 valence electrons. The summed E-state index contributed by atoms with van der Waals surface area (Å²) in [6.45, 7) is 0. The minimum atomic E-state index is -0.905. The number of carbonyl (C=O) groups excluding carboxylic acids is 2. The Bertz CT molecular complexity index is 1370. The van der Waals surface area contributed by atoms with Crippen molar-refractivity contribution in [3.05, 3.63) is 108 Å². The fourth-order valence-electron chi connectivity index (χ4n) is 4.85. The summed E-state index contributed by atoms with van der Waals surface area (Å²) in [4.78, 5) is 34.9. The van der Waals surface area contributed by atoms with E-state index in [0.29, 0.717) is 10.7 Å². The first-order valence-corrected chi connectivity index (χ1v) is 11.1. The molecule has 4 aromatic carbocycles. The van der Waals surface area contributed by atoms with Crippen molar-refractivity contribution in [2.75, 3.05) is 9.96 Å². The molecule has 4 aromatic rings. The van der Waals surface area contributed by atoms with Gasteiger partial charge in [0.05, 0.1) is 17.4 Å². The second-order valence-corrected chi connectivity index (χ2v) is 8.66. The van der Waals surface area contributed by atoms with Gasteiger partial charge in [-0.05, 0) is 41.3 Å². The lowest BCUT2D eigenvalue weighted by molar-refractivity contribution is -0.126. The first kappa shape index (κ1) is 20.0. The molecule has 2 amide bonds. The van der Waals surface area contributed by atoms with Crippen molar-refractivity contribution in [1.29, 1.82) is 0 Å². The Balaban J connectivity index is 1.46. The molecule has 33 heavy (non-hydrogen) atoms. The second kappa shape index (κ2) is 7.73. The molecule has 2 aliphatic rings. The SMILES string of the molecule is O=C1[C@@H]2[C@@H](c3ccc(Cl)cc3)N(c3ccccc3)O[C@H]2C(=O)N1c1cccc2ccccc12. The Morgan fingerprint density at radius 1 is 0.727 bits per heavy atom. The summed E-state index contributed by atoms with van der Waals surface area (Å²) < 4.78 is 0. The predicted octanol–water partition coefficient (Wildman–Crippen LogP) is 5.54. The van der Waals surface area contributed by atoms with E-state index in [1.54, 1.807) is 17.2 Å². The molecular formula is C27H19ClN2O3. The van der Waals surface area contributed by atoms with Crippen molar-refractivity contribution >= 4 is 45.6 Å². The molecule has 6 rings (SSSR count). The average molecular weight is 455 g/mol. The van der Waals surface area contributed by atoms with Gasteiger partial charge in [0, 0.05) is 10.4 Å². The van der Waals surface area contributed by atoms with Crippen molar-refractivity contribution in [2.24, 2.45) is 5.92 Å². The highest BCUT2D eigenvalue weighted by atomic mass is 35.5. The second-order valence-electron chi connectivity index (χ2n) is 8.22. The Kier molecular flexibility index (Phi) is 4.68. The van der Waals surface area contributed by atoms with Crippen LogP contribution < -0.4 is 9.96 Å². The van der Waals surface area contributed by atoms with Gasteiger partial charge in [0.1, 0.15) is 5.92 Å². The van der Waals surface area contributed by atoms with Gasteiger partial charge in [0.25, 0.3) is 5.91 Å². The number of imide groups is 1. The molecule has 0 saturated carbocycles. The normalized spacial score (nSPS) is 22.3. The van der Waals surface area contributed by atoms with Crippen LogP contribution in [0.15, 0.2) is 97.1 Å². The number of nitrogens with zero attached hydrogens (tertiary/aromatic N) is 2. The average Bonchev–Trinajstić information content (AvgIpc) is 3.36. The first-order chi connectivity index (χ1) is 16.1. The van der Waals surface area contributed by atoms with Crippen LogP contribution in [0.4, 0.5) is 11.4 Å². The molecule has 0 aromatic heterocycles. The molecule has 2 heterocycles. The lowest BCUT2D eigenvalue weighted by Gasteiger charge is -2.29. The molecule has 3 atom stereocenters. The van der Waals surface area contributed by atoms with Gasteiger partial charge in [-0.1, -0.05) is 78.3 Å². The number of hydrogen-bond donors (Lipinski definition) is 0. The lowest BCUT2D eigenvalue weighted by atomic mass is 9.90. The van der Waals surface area contributed by atoms with E-state index in [4.69, 9.17) is 16.4 Å². The van der Waals surface area contributed by atoms with E-state index in [-0.39, 0.29) is 11.8 Å². The van der Waals surface area contributed by atoms with Gasteiger partial charge in [-0.25, -0.2) is 9.96 Å². The smallest absolute Gasteiger partial charge is 0.266 e. The van der Waals surface area contributed by atoms with Gasteiger partial charge in [-0.2, -0.15) is 0 Å². The highest BCUT2D eigenvalue weighted by Gasteiger charge is 2.60. The third-order valence-corrected chi connectivity index (χ3v) is 6.60. The summed E-state index contributed by atoms with van der Waals surface area (Å²) in [7, 11) is 0. The number of anilines is 2. The summed E-state index contributed by atoms with van der Waals surface area (Å²) >= 11 is 6.12. The number of benzene rings is 4. The van der Waals surface area contributed by atoms with Crippen LogP contribution in [0.2, 0.25) is 5.02 Å². The third kappa shape index (κ3) is 3.12. The maximum absolute atomic E-state index is 13.8. The summed E-state index contributed by atoms with van der Waals surface area (Å²) in [6, 6.07) is 29.8. The molecule has 2 fully saturated rings. The summed E-state index contributed by atoms with van der Waals surface area (Å²) in [5.41, 5.74) is 2.23. The van der Waals surface area contributed by atoms with Crippen molar-refractivity contribution < 1.29 is 14.4 Å². The number of halogens is 1. The summed E-state index contributed by atoms with van der Waals surface area (Å²) in [5, 5.41) is 4.11. The summed E-state index contributed by atoms with van der Waals surface area (Å²) in [5.74, 6) is -1.30. The Hall–Kier alpha value is -3.67. The molecule has 5 nitrogen and oxygen atoms in total. The Morgan fingerprint density at radius 2 is 1.42 bits per heavy atom. The van der Waals surface area contributed by atoms with E-state index in [2.05, 4.69) is 0 Å². The van der Waals surface area contributed by atoms with Crippen LogP contribution in [-0.2, 0) is 14.4 Å². The highest BCUT2D eigenvalue weighted by molar-refractivity contribution is 6.30. The zero-order valence-corrected chi connectivity index (χ0v) is 18.2. The van der Waals surface area contributed by atoms with Crippen LogP contribution in [0, 0.1) is 5.92 Å². The largest absolute Gasteiger partial charge is 0.273 e. The van der Waals surface area contributed by atoms with Crippen molar-refractivity contribution in [3.63, 3.8) is 0 Å². The van der Waals surface area contributed by atoms with E-state index < -0.39 is 18.1 Å². The number of amides is 2. The number of hydroxylamine groups is 1. The quantitative estimate of drug-likeness (QED) is 0.381.